The third-order valence-corrected chi connectivity index (χ3v) is 3.49. The maximum atomic E-state index is 13.8. The van der Waals surface area contributed by atoms with Gasteiger partial charge in [0.15, 0.2) is 11.6 Å². The fourth-order valence-corrected chi connectivity index (χ4v) is 1.95. The Kier molecular flexibility index (Phi) is 9.06. The van der Waals surface area contributed by atoms with E-state index in [-0.39, 0.29) is 35.7 Å². The average Bonchev–Trinajstić information content (AvgIpc) is 2.45. The van der Waals surface area contributed by atoms with Gasteiger partial charge in [0.25, 0.3) is 5.91 Å². The quantitative estimate of drug-likeness (QED) is 0.834. The molecule has 1 atom stereocenters. The highest BCUT2D eigenvalue weighted by Crippen LogP contribution is 2.24. The van der Waals surface area contributed by atoms with E-state index in [1.807, 2.05) is 13.8 Å². The van der Waals surface area contributed by atoms with E-state index in [2.05, 4.69) is 0 Å². The number of para-hydroxylation sites is 1. The maximum Gasteiger partial charge on any atom is 0.257 e. The van der Waals surface area contributed by atoms with Crippen molar-refractivity contribution in [1.82, 2.24) is 4.90 Å². The molecule has 22 heavy (non-hydrogen) atoms. The molecule has 0 radical (unpaired) electrons. The molecule has 0 bridgehead atoms. The number of rotatable bonds is 7. The summed E-state index contributed by atoms with van der Waals surface area (Å²) in [5.41, 5.74) is 6.23. The molecule has 1 rings (SSSR count). The Bertz CT molecular complexity index is 483. The summed E-state index contributed by atoms with van der Waals surface area (Å²) < 4.78 is 19.0. The zero-order valence-corrected chi connectivity index (χ0v) is 14.5. The first-order valence-electron chi connectivity index (χ1n) is 7.30. The van der Waals surface area contributed by atoms with E-state index >= 15 is 0 Å². The number of benzene rings is 1. The van der Waals surface area contributed by atoms with E-state index in [1.165, 1.54) is 12.1 Å². The molecule has 0 aliphatic carbocycles. The number of carbonyl (C=O) groups is 1. The molecule has 0 spiro atoms. The van der Waals surface area contributed by atoms with E-state index in [1.54, 1.807) is 24.9 Å². The molecule has 0 saturated heterocycles. The Morgan fingerprint density at radius 3 is 2.59 bits per heavy atom. The van der Waals surface area contributed by atoms with Crippen LogP contribution in [0, 0.1) is 11.7 Å². The van der Waals surface area contributed by atoms with Gasteiger partial charge in [-0.15, -0.1) is 12.4 Å². The second-order valence-corrected chi connectivity index (χ2v) is 5.47. The Morgan fingerprint density at radius 2 is 2.05 bits per heavy atom. The second kappa shape index (κ2) is 9.64. The van der Waals surface area contributed by atoms with Crippen molar-refractivity contribution >= 4 is 18.3 Å². The Labute approximate surface area is 138 Å². The lowest BCUT2D eigenvalue weighted by Gasteiger charge is -2.22. The molecular formula is C16H26ClFN2O2. The molecule has 0 fully saturated rings. The molecule has 1 unspecified atom stereocenters. The fraction of sp³-hybridized carbons (Fsp3) is 0.562. The minimum Gasteiger partial charge on any atom is -0.490 e. The molecule has 0 aliphatic heterocycles. The van der Waals surface area contributed by atoms with Gasteiger partial charge in [-0.05, 0) is 31.4 Å². The van der Waals surface area contributed by atoms with Crippen LogP contribution >= 0.6 is 12.4 Å². The summed E-state index contributed by atoms with van der Waals surface area (Å²) in [6.45, 7) is 6.69. The minimum atomic E-state index is -0.519. The van der Waals surface area contributed by atoms with Crippen LogP contribution in [0.25, 0.3) is 0 Å². The standard InChI is InChI=1S/C16H25FN2O2.ClH/c1-5-21-15-12(7-6-8-13(15)17)16(20)19(4)10-9-14(18)11(2)3;/h6-8,11,14H,5,9-10,18H2,1-4H3;1H. The van der Waals surface area contributed by atoms with Crippen molar-refractivity contribution in [2.45, 2.75) is 33.2 Å². The van der Waals surface area contributed by atoms with Gasteiger partial charge in [0.2, 0.25) is 0 Å². The Morgan fingerprint density at radius 1 is 1.41 bits per heavy atom. The molecule has 0 aromatic heterocycles. The van der Waals surface area contributed by atoms with Crippen molar-refractivity contribution in [3.63, 3.8) is 0 Å². The molecule has 126 valence electrons. The molecule has 1 aromatic rings. The number of carbonyl (C=O) groups excluding carboxylic acids is 1. The average molecular weight is 333 g/mol. The lowest BCUT2D eigenvalue weighted by molar-refractivity contribution is 0.0784. The Hall–Kier alpha value is -1.33. The van der Waals surface area contributed by atoms with Gasteiger partial charge in [0, 0.05) is 19.6 Å². The fourth-order valence-electron chi connectivity index (χ4n) is 1.95. The van der Waals surface area contributed by atoms with Crippen LogP contribution in [0.4, 0.5) is 4.39 Å². The van der Waals surface area contributed by atoms with Crippen LogP contribution in [0.3, 0.4) is 0 Å². The molecule has 1 aromatic carbocycles. The van der Waals surface area contributed by atoms with Gasteiger partial charge < -0.3 is 15.4 Å². The van der Waals surface area contributed by atoms with Gasteiger partial charge in [-0.3, -0.25) is 4.79 Å². The summed E-state index contributed by atoms with van der Waals surface area (Å²) in [6.07, 6.45) is 0.708. The maximum absolute atomic E-state index is 13.8. The van der Waals surface area contributed by atoms with Crippen molar-refractivity contribution < 1.29 is 13.9 Å². The molecular weight excluding hydrogens is 307 g/mol. The van der Waals surface area contributed by atoms with Crippen molar-refractivity contribution in [2.75, 3.05) is 20.2 Å². The largest absolute Gasteiger partial charge is 0.490 e. The second-order valence-electron chi connectivity index (χ2n) is 5.47. The number of hydrogen-bond donors (Lipinski definition) is 1. The van der Waals surface area contributed by atoms with Crippen molar-refractivity contribution in [3.05, 3.63) is 29.6 Å². The van der Waals surface area contributed by atoms with E-state index in [9.17, 15) is 9.18 Å². The van der Waals surface area contributed by atoms with Crippen LogP contribution in [-0.4, -0.2) is 37.0 Å². The lowest BCUT2D eigenvalue weighted by Crippen LogP contribution is -2.34. The predicted octanol–water partition coefficient (Wildman–Crippen LogP) is 3.09. The van der Waals surface area contributed by atoms with Crippen LogP contribution in [-0.2, 0) is 0 Å². The zero-order valence-electron chi connectivity index (χ0n) is 13.6. The number of ether oxygens (including phenoxy) is 1. The van der Waals surface area contributed by atoms with E-state index in [0.29, 0.717) is 25.5 Å². The van der Waals surface area contributed by atoms with Gasteiger partial charge >= 0.3 is 0 Å². The van der Waals surface area contributed by atoms with Crippen molar-refractivity contribution in [2.24, 2.45) is 11.7 Å². The van der Waals surface area contributed by atoms with Gasteiger partial charge in [0.05, 0.1) is 12.2 Å². The molecule has 0 saturated carbocycles. The molecule has 2 N–H and O–H groups in total. The smallest absolute Gasteiger partial charge is 0.257 e. The number of amides is 1. The summed E-state index contributed by atoms with van der Waals surface area (Å²) in [7, 11) is 1.69. The monoisotopic (exact) mass is 332 g/mol. The van der Waals surface area contributed by atoms with Crippen LogP contribution in [0.5, 0.6) is 5.75 Å². The van der Waals surface area contributed by atoms with Crippen molar-refractivity contribution in [1.29, 1.82) is 0 Å². The first-order chi connectivity index (χ1) is 9.88. The van der Waals surface area contributed by atoms with Crippen molar-refractivity contribution in [3.8, 4) is 5.75 Å². The summed E-state index contributed by atoms with van der Waals surface area (Å²) in [5.74, 6) is -0.393. The third kappa shape index (κ3) is 5.46. The van der Waals surface area contributed by atoms with E-state index in [4.69, 9.17) is 10.5 Å². The molecule has 6 heteroatoms. The third-order valence-electron chi connectivity index (χ3n) is 3.49. The number of hydrogen-bond acceptors (Lipinski definition) is 3. The van der Waals surface area contributed by atoms with E-state index < -0.39 is 5.82 Å². The highest BCUT2D eigenvalue weighted by Gasteiger charge is 2.20. The summed E-state index contributed by atoms with van der Waals surface area (Å²) in [5, 5.41) is 0. The van der Waals surface area contributed by atoms with Crippen LogP contribution in [0.1, 0.15) is 37.6 Å². The molecule has 0 heterocycles. The summed E-state index contributed by atoms with van der Waals surface area (Å²) in [6, 6.07) is 4.42. The van der Waals surface area contributed by atoms with Gasteiger partial charge in [0.1, 0.15) is 0 Å². The first-order valence-corrected chi connectivity index (χ1v) is 7.30. The summed E-state index contributed by atoms with van der Waals surface area (Å²) >= 11 is 0. The van der Waals surface area contributed by atoms with E-state index in [0.717, 1.165) is 0 Å². The van der Waals surface area contributed by atoms with Gasteiger partial charge in [-0.2, -0.15) is 0 Å². The molecule has 0 aliphatic rings. The number of nitrogens with zero attached hydrogens (tertiary/aromatic N) is 1. The highest BCUT2D eigenvalue weighted by atomic mass is 35.5. The minimum absolute atomic E-state index is 0. The predicted molar refractivity (Wildman–Crippen MR) is 89.2 cm³/mol. The number of halogens is 2. The Balaban J connectivity index is 0.00000441. The molecule has 1 amide bonds. The van der Waals surface area contributed by atoms with Gasteiger partial charge in [-0.25, -0.2) is 4.39 Å². The first kappa shape index (κ1) is 20.7. The molecule has 4 nitrogen and oxygen atoms in total. The highest BCUT2D eigenvalue weighted by molar-refractivity contribution is 5.96. The SMILES string of the molecule is CCOc1c(F)cccc1C(=O)N(C)CCC(N)C(C)C.Cl. The summed E-state index contributed by atoms with van der Waals surface area (Å²) in [4.78, 5) is 14.0. The van der Waals surface area contributed by atoms with Crippen LogP contribution < -0.4 is 10.5 Å². The number of nitrogens with two attached hydrogens (primary N) is 1. The van der Waals surface area contributed by atoms with Crippen LogP contribution in [0.2, 0.25) is 0 Å². The topological polar surface area (TPSA) is 55.6 Å². The van der Waals surface area contributed by atoms with Gasteiger partial charge in [-0.1, -0.05) is 19.9 Å². The van der Waals surface area contributed by atoms with Crippen LogP contribution in [0.15, 0.2) is 18.2 Å². The zero-order chi connectivity index (χ0) is 16.0. The lowest BCUT2D eigenvalue weighted by atomic mass is 10.0. The normalized spacial score (nSPS) is 11.8.